The van der Waals surface area contributed by atoms with Crippen molar-refractivity contribution in [3.63, 3.8) is 0 Å². The summed E-state index contributed by atoms with van der Waals surface area (Å²) in [7, 11) is 0. The van der Waals surface area contributed by atoms with E-state index >= 15 is 0 Å². The molecule has 0 fully saturated rings. The first kappa shape index (κ1) is 8.73. The Bertz CT molecular complexity index is 254. The maximum absolute atomic E-state index is 12.9. The van der Waals surface area contributed by atoms with Crippen LogP contribution in [0, 0.1) is 16.3 Å². The Balaban J connectivity index is 3.25. The minimum atomic E-state index is -0.433. The molecule has 0 spiro atoms. The van der Waals surface area contributed by atoms with Gasteiger partial charge >= 0.3 is 0 Å². The molecule has 0 unspecified atom stereocenters. The van der Waals surface area contributed by atoms with Gasteiger partial charge in [0.2, 0.25) is 0 Å². The highest BCUT2D eigenvalue weighted by molar-refractivity contribution is 14.1. The summed E-state index contributed by atoms with van der Waals surface area (Å²) in [5, 5.41) is 8.50. The lowest BCUT2D eigenvalue weighted by molar-refractivity contribution is 0.383. The molecule has 0 bridgehead atoms. The van der Waals surface area contributed by atoms with E-state index in [0.717, 1.165) is 5.56 Å². The number of aryl methyl sites for hydroxylation is 1. The van der Waals surface area contributed by atoms with Crippen molar-refractivity contribution >= 4 is 28.3 Å². The number of hydrogen-bond donors (Lipinski definition) is 2. The van der Waals surface area contributed by atoms with Crippen molar-refractivity contribution in [1.29, 1.82) is 0 Å². The van der Waals surface area contributed by atoms with Crippen molar-refractivity contribution in [2.75, 3.05) is 5.48 Å². The second-order valence-corrected chi connectivity index (χ2v) is 3.38. The predicted molar refractivity (Wildman–Crippen MR) is 49.3 cm³/mol. The molecule has 1 aromatic carbocycles. The quantitative estimate of drug-likeness (QED) is 0.605. The van der Waals surface area contributed by atoms with E-state index in [0.29, 0.717) is 3.57 Å². The summed E-state index contributed by atoms with van der Waals surface area (Å²) >= 11 is 1.95. The third-order valence-corrected chi connectivity index (χ3v) is 2.15. The SMILES string of the molecule is Cc1cc(F)c(NO)c(I)c1. The smallest absolute Gasteiger partial charge is 0.149 e. The van der Waals surface area contributed by atoms with Crippen molar-refractivity contribution in [2.24, 2.45) is 0 Å². The third-order valence-electron chi connectivity index (χ3n) is 1.30. The average Bonchev–Trinajstić information content (AvgIpc) is 1.85. The van der Waals surface area contributed by atoms with E-state index in [2.05, 4.69) is 0 Å². The Morgan fingerprint density at radius 1 is 1.55 bits per heavy atom. The van der Waals surface area contributed by atoms with Gasteiger partial charge in [-0.15, -0.1) is 0 Å². The lowest BCUT2D eigenvalue weighted by Gasteiger charge is -2.04. The van der Waals surface area contributed by atoms with Crippen molar-refractivity contribution in [1.82, 2.24) is 0 Å². The van der Waals surface area contributed by atoms with Gasteiger partial charge in [0.15, 0.2) is 0 Å². The van der Waals surface area contributed by atoms with Crippen LogP contribution in [0.15, 0.2) is 12.1 Å². The van der Waals surface area contributed by atoms with Gasteiger partial charge in [0.25, 0.3) is 0 Å². The molecule has 2 N–H and O–H groups in total. The molecule has 0 saturated heterocycles. The third kappa shape index (κ3) is 1.81. The molecule has 0 aliphatic rings. The van der Waals surface area contributed by atoms with Gasteiger partial charge in [0, 0.05) is 3.57 Å². The molecule has 0 atom stereocenters. The molecule has 0 amide bonds. The van der Waals surface area contributed by atoms with Gasteiger partial charge in [-0.1, -0.05) is 0 Å². The lowest BCUT2D eigenvalue weighted by atomic mass is 10.2. The summed E-state index contributed by atoms with van der Waals surface area (Å²) in [6.45, 7) is 1.80. The van der Waals surface area contributed by atoms with Crippen LogP contribution in [0.5, 0.6) is 0 Å². The number of benzene rings is 1. The first-order valence-electron chi connectivity index (χ1n) is 3.01. The van der Waals surface area contributed by atoms with Crippen LogP contribution in [0.1, 0.15) is 5.56 Å². The fourth-order valence-electron chi connectivity index (χ4n) is 0.807. The maximum Gasteiger partial charge on any atom is 0.149 e. The molecular weight excluding hydrogens is 260 g/mol. The summed E-state index contributed by atoms with van der Waals surface area (Å²) in [6.07, 6.45) is 0. The normalized spacial score (nSPS) is 9.82. The highest BCUT2D eigenvalue weighted by Gasteiger charge is 2.05. The predicted octanol–water partition coefficient (Wildman–Crippen LogP) is 2.54. The zero-order valence-corrected chi connectivity index (χ0v) is 8.02. The monoisotopic (exact) mass is 267 g/mol. The van der Waals surface area contributed by atoms with E-state index in [-0.39, 0.29) is 5.69 Å². The summed E-state index contributed by atoms with van der Waals surface area (Å²) < 4.78 is 13.6. The Kier molecular flexibility index (Phi) is 2.67. The van der Waals surface area contributed by atoms with Crippen LogP contribution >= 0.6 is 22.6 Å². The Morgan fingerprint density at radius 2 is 2.18 bits per heavy atom. The number of nitrogens with one attached hydrogen (secondary N) is 1. The average molecular weight is 267 g/mol. The summed E-state index contributed by atoms with van der Waals surface area (Å²) in [6, 6.07) is 3.14. The Hall–Kier alpha value is -0.360. The van der Waals surface area contributed by atoms with Gasteiger partial charge in [-0.3, -0.25) is 10.7 Å². The molecule has 0 aromatic heterocycles. The molecule has 0 heterocycles. The van der Waals surface area contributed by atoms with Gasteiger partial charge in [-0.05, 0) is 47.2 Å². The summed E-state index contributed by atoms with van der Waals surface area (Å²) in [4.78, 5) is 0. The van der Waals surface area contributed by atoms with Crippen LogP contribution in [-0.4, -0.2) is 5.21 Å². The topological polar surface area (TPSA) is 32.3 Å². The van der Waals surface area contributed by atoms with Gasteiger partial charge < -0.3 is 0 Å². The largest absolute Gasteiger partial charge is 0.291 e. The van der Waals surface area contributed by atoms with Gasteiger partial charge in [0.05, 0.1) is 0 Å². The molecule has 1 aromatic rings. The van der Waals surface area contributed by atoms with Gasteiger partial charge in [-0.2, -0.15) is 0 Å². The van der Waals surface area contributed by atoms with E-state index in [4.69, 9.17) is 5.21 Å². The highest BCUT2D eigenvalue weighted by atomic mass is 127. The molecular formula is C7H7FINO. The van der Waals surface area contributed by atoms with Gasteiger partial charge in [0.1, 0.15) is 11.5 Å². The van der Waals surface area contributed by atoms with Crippen LogP contribution in [-0.2, 0) is 0 Å². The van der Waals surface area contributed by atoms with E-state index < -0.39 is 5.82 Å². The molecule has 0 aliphatic carbocycles. The highest BCUT2D eigenvalue weighted by Crippen LogP contribution is 2.22. The molecule has 60 valence electrons. The fourth-order valence-corrected chi connectivity index (χ4v) is 1.68. The molecule has 0 radical (unpaired) electrons. The first-order valence-corrected chi connectivity index (χ1v) is 4.09. The number of anilines is 1. The number of halogens is 2. The zero-order valence-electron chi connectivity index (χ0n) is 5.86. The molecule has 1 rings (SSSR count). The zero-order chi connectivity index (χ0) is 8.43. The summed E-state index contributed by atoms with van der Waals surface area (Å²) in [5.41, 5.74) is 2.78. The second-order valence-electron chi connectivity index (χ2n) is 2.22. The van der Waals surface area contributed by atoms with E-state index in [1.165, 1.54) is 6.07 Å². The molecule has 4 heteroatoms. The number of hydrogen-bond acceptors (Lipinski definition) is 2. The lowest BCUT2D eigenvalue weighted by Crippen LogP contribution is -1.96. The standard InChI is InChI=1S/C7H7FINO/c1-4-2-5(8)7(10-11)6(9)3-4/h2-3,10-11H,1H3. The molecule has 0 saturated carbocycles. The Morgan fingerprint density at radius 3 is 2.64 bits per heavy atom. The van der Waals surface area contributed by atoms with Crippen molar-refractivity contribution in [2.45, 2.75) is 6.92 Å². The van der Waals surface area contributed by atoms with Crippen LogP contribution in [0.3, 0.4) is 0 Å². The van der Waals surface area contributed by atoms with Crippen LogP contribution in [0.4, 0.5) is 10.1 Å². The van der Waals surface area contributed by atoms with Crippen molar-refractivity contribution in [3.05, 3.63) is 27.1 Å². The van der Waals surface area contributed by atoms with Crippen molar-refractivity contribution in [3.8, 4) is 0 Å². The molecule has 0 aliphatic heterocycles. The minimum Gasteiger partial charge on any atom is -0.291 e. The fraction of sp³-hybridized carbons (Fsp3) is 0.143. The molecule has 2 nitrogen and oxygen atoms in total. The van der Waals surface area contributed by atoms with Crippen molar-refractivity contribution < 1.29 is 9.60 Å². The van der Waals surface area contributed by atoms with Crippen LogP contribution < -0.4 is 5.48 Å². The Labute approximate surface area is 77.5 Å². The van der Waals surface area contributed by atoms with E-state index in [1.807, 2.05) is 28.1 Å². The van der Waals surface area contributed by atoms with E-state index in [9.17, 15) is 4.39 Å². The minimum absolute atomic E-state index is 0.135. The van der Waals surface area contributed by atoms with Crippen LogP contribution in [0.25, 0.3) is 0 Å². The second kappa shape index (κ2) is 3.36. The number of rotatable bonds is 1. The van der Waals surface area contributed by atoms with Crippen LogP contribution in [0.2, 0.25) is 0 Å². The first-order chi connectivity index (χ1) is 5.15. The van der Waals surface area contributed by atoms with E-state index in [1.54, 1.807) is 13.0 Å². The maximum atomic E-state index is 12.9. The molecule has 11 heavy (non-hydrogen) atoms. The summed E-state index contributed by atoms with van der Waals surface area (Å²) in [5.74, 6) is -0.433. The van der Waals surface area contributed by atoms with Gasteiger partial charge in [-0.25, -0.2) is 4.39 Å².